The third kappa shape index (κ3) is 3.19. The number of fused-ring (bicyclic) bond motifs is 1. The molecule has 0 aliphatic heterocycles. The van der Waals surface area contributed by atoms with Gasteiger partial charge >= 0.3 is 0 Å². The van der Waals surface area contributed by atoms with Crippen LogP contribution >= 0.6 is 15.9 Å². The lowest BCUT2D eigenvalue weighted by molar-refractivity contribution is 0.433. The van der Waals surface area contributed by atoms with E-state index < -0.39 is 0 Å². The van der Waals surface area contributed by atoms with Crippen LogP contribution in [0.15, 0.2) is 46.9 Å². The Hall–Kier alpha value is -1.19. The molecule has 2 unspecified atom stereocenters. The molecule has 0 fully saturated rings. The summed E-state index contributed by atoms with van der Waals surface area (Å²) in [5.41, 5.74) is 3.71. The summed E-state index contributed by atoms with van der Waals surface area (Å²) in [4.78, 5) is 0. The molecule has 1 N–H and O–H groups in total. The average Bonchev–Trinajstić information content (AvgIpc) is 2.88. The van der Waals surface area contributed by atoms with Gasteiger partial charge in [-0.15, -0.1) is 0 Å². The van der Waals surface area contributed by atoms with Crippen LogP contribution in [-0.2, 0) is 6.42 Å². The molecular weight excluding hydrogens is 329 g/mol. The van der Waals surface area contributed by atoms with Crippen molar-refractivity contribution in [2.45, 2.75) is 38.3 Å². The fraction of sp³-hybridized carbons (Fsp3) is 0.333. The van der Waals surface area contributed by atoms with E-state index in [9.17, 15) is 4.39 Å². The summed E-state index contributed by atoms with van der Waals surface area (Å²) in [5, 5.41) is 3.74. The summed E-state index contributed by atoms with van der Waals surface area (Å²) in [6, 6.07) is 14.3. The van der Waals surface area contributed by atoms with Crippen LogP contribution in [0.2, 0.25) is 0 Å². The SMILES string of the molecule is CCC(NC1CCc2cc(F)ccc21)c1ccc(Br)cc1. The van der Waals surface area contributed by atoms with Gasteiger partial charge in [-0.3, -0.25) is 0 Å². The van der Waals surface area contributed by atoms with E-state index in [1.165, 1.54) is 11.1 Å². The third-order valence-electron chi connectivity index (χ3n) is 4.27. The summed E-state index contributed by atoms with van der Waals surface area (Å²) in [6.45, 7) is 2.19. The van der Waals surface area contributed by atoms with E-state index in [4.69, 9.17) is 0 Å². The van der Waals surface area contributed by atoms with Crippen molar-refractivity contribution in [2.75, 3.05) is 0 Å². The standard InChI is InChI=1S/C18H19BrFN/c1-2-17(12-3-6-14(19)7-4-12)21-18-10-5-13-11-15(20)8-9-16(13)18/h3-4,6-9,11,17-18,21H,2,5,10H2,1H3. The van der Waals surface area contributed by atoms with Crippen LogP contribution in [0.4, 0.5) is 4.39 Å². The molecule has 0 spiro atoms. The summed E-state index contributed by atoms with van der Waals surface area (Å²) in [7, 11) is 0. The molecule has 110 valence electrons. The van der Waals surface area contributed by atoms with Gasteiger partial charge in [-0.05, 0) is 60.2 Å². The van der Waals surface area contributed by atoms with Gasteiger partial charge in [0.05, 0.1) is 0 Å². The van der Waals surface area contributed by atoms with Crippen molar-refractivity contribution in [1.29, 1.82) is 0 Å². The molecule has 3 heteroatoms. The largest absolute Gasteiger partial charge is 0.303 e. The second kappa shape index (κ2) is 6.29. The van der Waals surface area contributed by atoms with E-state index in [1.807, 2.05) is 6.07 Å². The fourth-order valence-corrected chi connectivity index (χ4v) is 3.41. The first-order valence-corrected chi connectivity index (χ1v) is 8.26. The van der Waals surface area contributed by atoms with E-state index >= 15 is 0 Å². The highest BCUT2D eigenvalue weighted by atomic mass is 79.9. The van der Waals surface area contributed by atoms with Crippen LogP contribution in [-0.4, -0.2) is 0 Å². The predicted octanol–water partition coefficient (Wildman–Crippen LogP) is 5.32. The number of hydrogen-bond donors (Lipinski definition) is 1. The van der Waals surface area contributed by atoms with E-state index in [1.54, 1.807) is 12.1 Å². The molecule has 0 amide bonds. The minimum Gasteiger partial charge on any atom is -0.303 e. The first-order chi connectivity index (χ1) is 10.2. The smallest absolute Gasteiger partial charge is 0.123 e. The van der Waals surface area contributed by atoms with Crippen molar-refractivity contribution in [3.8, 4) is 0 Å². The molecule has 2 aromatic rings. The third-order valence-corrected chi connectivity index (χ3v) is 4.79. The first kappa shape index (κ1) is 14.7. The Kier molecular flexibility index (Phi) is 4.41. The second-order valence-electron chi connectivity index (χ2n) is 5.61. The number of hydrogen-bond acceptors (Lipinski definition) is 1. The van der Waals surface area contributed by atoms with Gasteiger partial charge in [0.1, 0.15) is 5.82 Å². The zero-order chi connectivity index (χ0) is 14.8. The Morgan fingerprint density at radius 2 is 2.00 bits per heavy atom. The van der Waals surface area contributed by atoms with Gasteiger partial charge in [0.15, 0.2) is 0 Å². The molecule has 0 heterocycles. The maximum atomic E-state index is 13.3. The maximum Gasteiger partial charge on any atom is 0.123 e. The summed E-state index contributed by atoms with van der Waals surface area (Å²) < 4.78 is 14.4. The molecule has 0 aromatic heterocycles. The van der Waals surface area contributed by atoms with E-state index in [0.717, 1.165) is 29.3 Å². The van der Waals surface area contributed by atoms with Crippen molar-refractivity contribution in [1.82, 2.24) is 5.32 Å². The van der Waals surface area contributed by atoms with Crippen molar-refractivity contribution >= 4 is 15.9 Å². The number of nitrogens with one attached hydrogen (secondary N) is 1. The van der Waals surface area contributed by atoms with Crippen LogP contribution in [0.3, 0.4) is 0 Å². The molecule has 1 aliphatic rings. The van der Waals surface area contributed by atoms with E-state index in [0.29, 0.717) is 12.1 Å². The van der Waals surface area contributed by atoms with E-state index in [2.05, 4.69) is 52.4 Å². The van der Waals surface area contributed by atoms with Crippen LogP contribution in [0.25, 0.3) is 0 Å². The number of benzene rings is 2. The lowest BCUT2D eigenvalue weighted by Gasteiger charge is -2.23. The van der Waals surface area contributed by atoms with Crippen LogP contribution < -0.4 is 5.32 Å². The molecule has 0 saturated heterocycles. The van der Waals surface area contributed by atoms with Crippen LogP contribution in [0.5, 0.6) is 0 Å². The van der Waals surface area contributed by atoms with Gasteiger partial charge in [-0.25, -0.2) is 4.39 Å². The Bertz CT molecular complexity index is 624. The highest BCUT2D eigenvalue weighted by molar-refractivity contribution is 9.10. The van der Waals surface area contributed by atoms with Gasteiger partial charge in [0.2, 0.25) is 0 Å². The lowest BCUT2D eigenvalue weighted by atomic mass is 10.0. The van der Waals surface area contributed by atoms with Crippen molar-refractivity contribution < 1.29 is 4.39 Å². The first-order valence-electron chi connectivity index (χ1n) is 7.47. The average molecular weight is 348 g/mol. The highest BCUT2D eigenvalue weighted by Crippen LogP contribution is 2.34. The van der Waals surface area contributed by atoms with Crippen LogP contribution in [0, 0.1) is 5.82 Å². The molecule has 21 heavy (non-hydrogen) atoms. The Labute approximate surface area is 133 Å². The van der Waals surface area contributed by atoms with Crippen molar-refractivity contribution in [2.24, 2.45) is 0 Å². The molecule has 3 rings (SSSR count). The topological polar surface area (TPSA) is 12.0 Å². The Balaban J connectivity index is 1.78. The molecule has 0 saturated carbocycles. The molecule has 0 bridgehead atoms. The quantitative estimate of drug-likeness (QED) is 0.789. The lowest BCUT2D eigenvalue weighted by Crippen LogP contribution is -2.24. The molecule has 2 atom stereocenters. The Morgan fingerprint density at radius 1 is 1.24 bits per heavy atom. The van der Waals surface area contributed by atoms with Crippen LogP contribution in [0.1, 0.15) is 48.5 Å². The molecule has 0 radical (unpaired) electrons. The number of halogens is 2. The second-order valence-corrected chi connectivity index (χ2v) is 6.53. The van der Waals surface area contributed by atoms with Gasteiger partial charge in [-0.2, -0.15) is 0 Å². The van der Waals surface area contributed by atoms with Gasteiger partial charge < -0.3 is 5.32 Å². The highest BCUT2D eigenvalue weighted by Gasteiger charge is 2.25. The van der Waals surface area contributed by atoms with Crippen molar-refractivity contribution in [3.05, 3.63) is 69.4 Å². The normalized spacial score (nSPS) is 18.5. The fourth-order valence-electron chi connectivity index (χ4n) is 3.15. The number of rotatable bonds is 4. The predicted molar refractivity (Wildman–Crippen MR) is 87.8 cm³/mol. The minimum atomic E-state index is -0.130. The molecule has 2 aromatic carbocycles. The van der Waals surface area contributed by atoms with Gasteiger partial charge in [0, 0.05) is 16.6 Å². The maximum absolute atomic E-state index is 13.3. The molecular formula is C18H19BrFN. The van der Waals surface area contributed by atoms with Gasteiger partial charge in [0.25, 0.3) is 0 Å². The number of aryl methyl sites for hydroxylation is 1. The molecule has 1 nitrogen and oxygen atoms in total. The van der Waals surface area contributed by atoms with Crippen molar-refractivity contribution in [3.63, 3.8) is 0 Å². The van der Waals surface area contributed by atoms with E-state index in [-0.39, 0.29) is 5.82 Å². The molecule has 1 aliphatic carbocycles. The zero-order valence-corrected chi connectivity index (χ0v) is 13.7. The summed E-state index contributed by atoms with van der Waals surface area (Å²) >= 11 is 3.48. The monoisotopic (exact) mass is 347 g/mol. The summed E-state index contributed by atoms with van der Waals surface area (Å²) in [5.74, 6) is -0.130. The Morgan fingerprint density at radius 3 is 2.71 bits per heavy atom. The minimum absolute atomic E-state index is 0.130. The van der Waals surface area contributed by atoms with Gasteiger partial charge in [-0.1, -0.05) is 41.1 Å². The summed E-state index contributed by atoms with van der Waals surface area (Å²) in [6.07, 6.45) is 3.04. The zero-order valence-electron chi connectivity index (χ0n) is 12.1.